The molecular weight excluding hydrogens is 300 g/mol. The molecule has 0 N–H and O–H groups in total. The molecule has 0 aliphatic heterocycles. The van der Waals surface area contributed by atoms with Gasteiger partial charge < -0.3 is 4.57 Å². The highest BCUT2D eigenvalue weighted by Gasteiger charge is 2.44. The molecule has 0 bridgehead atoms. The molecular formula is C13H19F2N3O2S. The zero-order chi connectivity index (χ0) is 15.3. The molecule has 21 heavy (non-hydrogen) atoms. The van der Waals surface area contributed by atoms with Gasteiger partial charge in [-0.25, -0.2) is 17.2 Å². The predicted molar refractivity (Wildman–Crippen MR) is 71.9 cm³/mol. The van der Waals surface area contributed by atoms with Crippen LogP contribution >= 0.6 is 0 Å². The van der Waals surface area contributed by atoms with E-state index in [1.54, 1.807) is 7.05 Å². The molecule has 118 valence electrons. The van der Waals surface area contributed by atoms with Gasteiger partial charge in [0.2, 0.25) is 15.0 Å². The highest BCUT2D eigenvalue weighted by atomic mass is 32.2. The van der Waals surface area contributed by atoms with E-state index in [-0.39, 0.29) is 23.9 Å². The molecule has 5 nitrogen and oxygen atoms in total. The summed E-state index contributed by atoms with van der Waals surface area (Å²) in [5.74, 6) is -3.65. The van der Waals surface area contributed by atoms with E-state index in [0.717, 1.165) is 12.8 Å². The minimum atomic E-state index is -3.84. The fraction of sp³-hybridized carbons (Fsp3) is 0.846. The van der Waals surface area contributed by atoms with Crippen LogP contribution in [0.2, 0.25) is 0 Å². The Morgan fingerprint density at radius 2 is 1.95 bits per heavy atom. The third kappa shape index (κ3) is 2.82. The highest BCUT2D eigenvalue weighted by molar-refractivity contribution is 7.91. The molecule has 1 unspecified atom stereocenters. The molecule has 8 heteroatoms. The van der Waals surface area contributed by atoms with E-state index in [2.05, 4.69) is 10.2 Å². The fourth-order valence-electron chi connectivity index (χ4n) is 3.01. The van der Waals surface area contributed by atoms with E-state index in [4.69, 9.17) is 0 Å². The monoisotopic (exact) mass is 319 g/mol. The van der Waals surface area contributed by atoms with Gasteiger partial charge in [0, 0.05) is 25.3 Å². The fourth-order valence-corrected chi connectivity index (χ4v) is 4.77. The lowest BCUT2D eigenvalue weighted by atomic mass is 9.87. The van der Waals surface area contributed by atoms with Crippen LogP contribution in [0.3, 0.4) is 0 Å². The first-order chi connectivity index (χ1) is 9.81. The first kappa shape index (κ1) is 14.9. The van der Waals surface area contributed by atoms with Crippen molar-refractivity contribution in [3.63, 3.8) is 0 Å². The normalized spacial score (nSPS) is 26.0. The second-order valence-electron chi connectivity index (χ2n) is 6.16. The smallest absolute Gasteiger partial charge is 0.251 e. The average Bonchev–Trinajstić information content (AvgIpc) is 3.15. The van der Waals surface area contributed by atoms with Crippen molar-refractivity contribution < 1.29 is 17.2 Å². The van der Waals surface area contributed by atoms with Gasteiger partial charge in [0.1, 0.15) is 5.82 Å². The van der Waals surface area contributed by atoms with Gasteiger partial charge in [-0.3, -0.25) is 0 Å². The van der Waals surface area contributed by atoms with Gasteiger partial charge in [-0.05, 0) is 25.7 Å². The summed E-state index contributed by atoms with van der Waals surface area (Å²) in [6.07, 6.45) is 3.10. The van der Waals surface area contributed by atoms with E-state index in [9.17, 15) is 17.2 Å². The lowest BCUT2D eigenvalue weighted by Crippen LogP contribution is -2.37. The Morgan fingerprint density at radius 1 is 1.24 bits per heavy atom. The molecule has 0 radical (unpaired) electrons. The van der Waals surface area contributed by atoms with Crippen molar-refractivity contribution in [2.45, 2.75) is 55.5 Å². The lowest BCUT2D eigenvalue weighted by molar-refractivity contribution is -0.0770. The first-order valence-electron chi connectivity index (χ1n) is 7.31. The van der Waals surface area contributed by atoms with Gasteiger partial charge in [0.15, 0.2) is 0 Å². The van der Waals surface area contributed by atoms with Gasteiger partial charge in [0.25, 0.3) is 5.92 Å². The van der Waals surface area contributed by atoms with Crippen LogP contribution < -0.4 is 0 Å². The number of sulfone groups is 1. The van der Waals surface area contributed by atoms with Crippen LogP contribution in [0.5, 0.6) is 0 Å². The predicted octanol–water partition coefficient (Wildman–Crippen LogP) is 2.29. The molecule has 1 heterocycles. The van der Waals surface area contributed by atoms with Crippen LogP contribution in [0.4, 0.5) is 8.78 Å². The number of aromatic nitrogens is 3. The Morgan fingerprint density at radius 3 is 2.57 bits per heavy atom. The minimum Gasteiger partial charge on any atom is -0.305 e. The van der Waals surface area contributed by atoms with E-state index in [1.165, 1.54) is 4.57 Å². The van der Waals surface area contributed by atoms with Crippen molar-refractivity contribution in [1.82, 2.24) is 14.8 Å². The summed E-state index contributed by atoms with van der Waals surface area (Å²) in [5, 5.41) is 7.49. The lowest BCUT2D eigenvalue weighted by Gasteiger charge is -2.30. The Balaban J connectivity index is 1.83. The van der Waals surface area contributed by atoms with Gasteiger partial charge in [-0.2, -0.15) is 0 Å². The largest absolute Gasteiger partial charge is 0.305 e. The molecule has 0 aromatic carbocycles. The van der Waals surface area contributed by atoms with Crippen LogP contribution in [0.25, 0.3) is 0 Å². The summed E-state index contributed by atoms with van der Waals surface area (Å²) in [5.41, 5.74) is 0. The standard InChI is InChI=1S/C13H19F2N3O2S/c1-18-11(9-5-6-9)16-17-12(18)21(19,20)8-10-4-2-3-7-13(10,14)15/h9-10H,2-8H2,1H3. The number of halogens is 2. The summed E-state index contributed by atoms with van der Waals surface area (Å²) >= 11 is 0. The highest BCUT2D eigenvalue weighted by Crippen LogP contribution is 2.41. The van der Waals surface area contributed by atoms with Crippen molar-refractivity contribution in [1.29, 1.82) is 0 Å². The topological polar surface area (TPSA) is 64.8 Å². The molecule has 1 aromatic rings. The maximum Gasteiger partial charge on any atom is 0.251 e. The van der Waals surface area contributed by atoms with Crippen LogP contribution in [0, 0.1) is 5.92 Å². The van der Waals surface area contributed by atoms with E-state index in [1.807, 2.05) is 0 Å². The van der Waals surface area contributed by atoms with Crippen molar-refractivity contribution in [3.8, 4) is 0 Å². The third-order valence-electron chi connectivity index (χ3n) is 4.42. The number of rotatable bonds is 4. The quantitative estimate of drug-likeness (QED) is 0.854. The van der Waals surface area contributed by atoms with Gasteiger partial charge in [-0.1, -0.05) is 6.42 Å². The summed E-state index contributed by atoms with van der Waals surface area (Å²) in [6.45, 7) is 0. The molecule has 3 rings (SSSR count). The molecule has 2 aliphatic rings. The van der Waals surface area contributed by atoms with Gasteiger partial charge in [0.05, 0.1) is 5.75 Å². The van der Waals surface area contributed by atoms with E-state index < -0.39 is 27.4 Å². The Bertz CT molecular complexity index is 638. The van der Waals surface area contributed by atoms with Crippen molar-refractivity contribution in [3.05, 3.63) is 5.82 Å². The Hall–Kier alpha value is -1.05. The summed E-state index contributed by atoms with van der Waals surface area (Å²) in [4.78, 5) is 0. The van der Waals surface area contributed by atoms with Crippen LogP contribution in [-0.2, 0) is 16.9 Å². The molecule has 0 spiro atoms. The van der Waals surface area contributed by atoms with E-state index in [0.29, 0.717) is 18.7 Å². The molecule has 2 saturated carbocycles. The first-order valence-corrected chi connectivity index (χ1v) is 8.96. The molecule has 2 fully saturated rings. The molecule has 0 saturated heterocycles. The van der Waals surface area contributed by atoms with Crippen LogP contribution in [0.1, 0.15) is 50.3 Å². The SMILES string of the molecule is Cn1c(C2CC2)nnc1S(=O)(=O)CC1CCCCC1(F)F. The minimum absolute atomic E-state index is 0.175. The molecule has 2 aliphatic carbocycles. The Labute approximate surface area is 122 Å². The molecule has 1 atom stereocenters. The maximum atomic E-state index is 13.9. The Kier molecular flexibility index (Phi) is 3.54. The average molecular weight is 319 g/mol. The van der Waals surface area contributed by atoms with Crippen molar-refractivity contribution in [2.24, 2.45) is 13.0 Å². The molecule has 0 amide bonds. The van der Waals surface area contributed by atoms with Gasteiger partial charge in [-0.15, -0.1) is 10.2 Å². The summed E-state index contributed by atoms with van der Waals surface area (Å²) < 4.78 is 54.0. The van der Waals surface area contributed by atoms with Crippen LogP contribution in [-0.4, -0.2) is 34.9 Å². The summed E-state index contributed by atoms with van der Waals surface area (Å²) in [7, 11) is -2.24. The number of hydrogen-bond acceptors (Lipinski definition) is 4. The van der Waals surface area contributed by atoms with E-state index >= 15 is 0 Å². The van der Waals surface area contributed by atoms with Crippen molar-refractivity contribution >= 4 is 9.84 Å². The second kappa shape index (κ2) is 5.00. The summed E-state index contributed by atoms with van der Waals surface area (Å²) in [6, 6.07) is 0. The third-order valence-corrected chi connectivity index (χ3v) is 6.17. The zero-order valence-electron chi connectivity index (χ0n) is 11.9. The number of nitrogens with zero attached hydrogens (tertiary/aromatic N) is 3. The second-order valence-corrected chi connectivity index (χ2v) is 8.09. The number of alkyl halides is 2. The zero-order valence-corrected chi connectivity index (χ0v) is 12.7. The number of hydrogen-bond donors (Lipinski definition) is 0. The van der Waals surface area contributed by atoms with Crippen LogP contribution in [0.15, 0.2) is 5.16 Å². The van der Waals surface area contributed by atoms with Crippen molar-refractivity contribution in [2.75, 3.05) is 5.75 Å². The molecule has 1 aromatic heterocycles. The maximum absolute atomic E-state index is 13.9. The van der Waals surface area contributed by atoms with Gasteiger partial charge >= 0.3 is 0 Å².